The molecule has 0 spiro atoms. The fourth-order valence-electron chi connectivity index (χ4n) is 2.62. The van der Waals surface area contributed by atoms with Crippen LogP contribution in [-0.2, 0) is 27.6 Å². The highest BCUT2D eigenvalue weighted by Gasteiger charge is 2.35. The van der Waals surface area contributed by atoms with Gasteiger partial charge in [-0.25, -0.2) is 13.1 Å². The van der Waals surface area contributed by atoms with E-state index < -0.39 is 33.1 Å². The molecule has 1 aromatic carbocycles. The molecule has 2 heterocycles. The van der Waals surface area contributed by atoms with Crippen LogP contribution in [0, 0.1) is 0 Å². The molecule has 1 atom stereocenters. The molecule has 10 heteroatoms. The molecule has 0 bridgehead atoms. The molecule has 150 valence electrons. The number of hydrogen-bond acceptors (Lipinski definition) is 5. The Kier molecular flexibility index (Phi) is 5.67. The largest absolute Gasteiger partial charge is 0.472 e. The second kappa shape index (κ2) is 7.70. The third-order valence-corrected chi connectivity index (χ3v) is 6.43. The minimum atomic E-state index is -4.49. The van der Waals surface area contributed by atoms with Gasteiger partial charge in [0.05, 0.1) is 23.8 Å². The Morgan fingerprint density at radius 1 is 1.07 bits per heavy atom. The molecule has 0 fully saturated rings. The molecule has 2 N–H and O–H groups in total. The number of nitrogens with one attached hydrogen (secondary N) is 1. The first-order valence-electron chi connectivity index (χ1n) is 8.03. The van der Waals surface area contributed by atoms with Crippen molar-refractivity contribution in [2.45, 2.75) is 17.5 Å². The Morgan fingerprint density at radius 3 is 2.32 bits per heavy atom. The molecule has 2 aromatic heterocycles. The highest BCUT2D eigenvalue weighted by atomic mass is 32.2. The van der Waals surface area contributed by atoms with E-state index in [9.17, 15) is 26.7 Å². The molecule has 0 aliphatic heterocycles. The van der Waals surface area contributed by atoms with Crippen LogP contribution in [0.1, 0.15) is 21.6 Å². The molecule has 0 unspecified atom stereocenters. The smallest absolute Gasteiger partial charge is 0.416 e. The topological polar surface area (TPSA) is 79.5 Å². The molecule has 0 saturated carbocycles. The average molecular weight is 431 g/mol. The standard InChI is InChI=1S/C18H16F3NO4S2/c19-18(20,21)14-5-3-13(4-6-14)11-28(24,25)22-12-17(23,15-7-8-26-10-15)16-2-1-9-27-16/h1-10,22-23H,11-12H2/t17-/m0/s1. The van der Waals surface area contributed by atoms with Gasteiger partial charge >= 0.3 is 6.18 Å². The van der Waals surface area contributed by atoms with Gasteiger partial charge < -0.3 is 9.52 Å². The van der Waals surface area contributed by atoms with Gasteiger partial charge in [0, 0.05) is 17.0 Å². The van der Waals surface area contributed by atoms with Gasteiger partial charge in [0.1, 0.15) is 5.60 Å². The van der Waals surface area contributed by atoms with Crippen molar-refractivity contribution in [1.29, 1.82) is 0 Å². The molecule has 28 heavy (non-hydrogen) atoms. The number of halogens is 3. The number of furan rings is 1. The summed E-state index contributed by atoms with van der Waals surface area (Å²) >= 11 is 1.25. The first-order valence-corrected chi connectivity index (χ1v) is 10.6. The van der Waals surface area contributed by atoms with Crippen LogP contribution in [0.4, 0.5) is 13.2 Å². The second-order valence-corrected chi connectivity index (χ2v) is 8.88. The lowest BCUT2D eigenvalue weighted by Crippen LogP contribution is -2.41. The van der Waals surface area contributed by atoms with Crippen molar-refractivity contribution in [2.75, 3.05) is 6.54 Å². The van der Waals surface area contributed by atoms with Crippen LogP contribution in [-0.4, -0.2) is 20.1 Å². The Bertz CT molecular complexity index is 962. The molecule has 0 aliphatic rings. The van der Waals surface area contributed by atoms with Crippen LogP contribution in [0.2, 0.25) is 0 Å². The van der Waals surface area contributed by atoms with E-state index in [2.05, 4.69) is 4.72 Å². The fourth-order valence-corrected chi connectivity index (χ4v) is 4.63. The highest BCUT2D eigenvalue weighted by molar-refractivity contribution is 7.88. The maximum absolute atomic E-state index is 12.6. The third-order valence-electron chi connectivity index (χ3n) is 4.11. The maximum Gasteiger partial charge on any atom is 0.416 e. The Morgan fingerprint density at radius 2 is 1.79 bits per heavy atom. The SMILES string of the molecule is O=S(=O)(Cc1ccc(C(F)(F)F)cc1)NC[C@](O)(c1ccoc1)c1cccs1. The Hall–Kier alpha value is -2.14. The Balaban J connectivity index is 1.74. The lowest BCUT2D eigenvalue weighted by atomic mass is 9.95. The zero-order valence-corrected chi connectivity index (χ0v) is 15.9. The van der Waals surface area contributed by atoms with Gasteiger partial charge in [-0.3, -0.25) is 0 Å². The quantitative estimate of drug-likeness (QED) is 0.598. The third kappa shape index (κ3) is 4.64. The zero-order valence-electron chi connectivity index (χ0n) is 14.3. The second-order valence-electron chi connectivity index (χ2n) is 6.12. The van der Waals surface area contributed by atoms with Crippen molar-refractivity contribution < 1.29 is 31.1 Å². The molecule has 0 radical (unpaired) electrons. The fraction of sp³-hybridized carbons (Fsp3) is 0.222. The zero-order chi connectivity index (χ0) is 20.4. The van der Waals surface area contributed by atoms with Crippen LogP contribution in [0.5, 0.6) is 0 Å². The van der Waals surface area contributed by atoms with Crippen molar-refractivity contribution in [2.24, 2.45) is 0 Å². The van der Waals surface area contributed by atoms with E-state index in [1.165, 1.54) is 29.9 Å². The van der Waals surface area contributed by atoms with Crippen LogP contribution >= 0.6 is 11.3 Å². The summed E-state index contributed by atoms with van der Waals surface area (Å²) in [7, 11) is -3.92. The van der Waals surface area contributed by atoms with Gasteiger partial charge in [0.15, 0.2) is 0 Å². The van der Waals surface area contributed by atoms with Gasteiger partial charge in [-0.05, 0) is 35.2 Å². The lowest BCUT2D eigenvalue weighted by Gasteiger charge is -2.26. The predicted octanol–water partition coefficient (Wildman–Crippen LogP) is 3.72. The lowest BCUT2D eigenvalue weighted by molar-refractivity contribution is -0.137. The molecule has 5 nitrogen and oxygen atoms in total. The van der Waals surface area contributed by atoms with Gasteiger partial charge in [0.25, 0.3) is 0 Å². The average Bonchev–Trinajstić information content (AvgIpc) is 3.33. The summed E-state index contributed by atoms with van der Waals surface area (Å²) < 4.78 is 70.0. The van der Waals surface area contributed by atoms with E-state index >= 15 is 0 Å². The molecule has 0 aliphatic carbocycles. The van der Waals surface area contributed by atoms with E-state index in [-0.39, 0.29) is 12.1 Å². The molecule has 3 aromatic rings. The van der Waals surface area contributed by atoms with Crippen molar-refractivity contribution in [3.05, 3.63) is 81.9 Å². The van der Waals surface area contributed by atoms with Crippen molar-refractivity contribution in [1.82, 2.24) is 4.72 Å². The Labute approximate surface area is 163 Å². The number of hydrogen-bond donors (Lipinski definition) is 2. The maximum atomic E-state index is 12.6. The van der Waals surface area contributed by atoms with E-state index in [1.54, 1.807) is 17.5 Å². The summed E-state index contributed by atoms with van der Waals surface area (Å²) in [5.41, 5.74) is -1.90. The van der Waals surface area contributed by atoms with Crippen molar-refractivity contribution >= 4 is 21.4 Å². The van der Waals surface area contributed by atoms with E-state index in [4.69, 9.17) is 4.42 Å². The monoisotopic (exact) mass is 431 g/mol. The molecular formula is C18H16F3NO4S2. The van der Waals surface area contributed by atoms with Crippen LogP contribution in [0.3, 0.4) is 0 Å². The number of benzene rings is 1. The highest BCUT2D eigenvalue weighted by Crippen LogP contribution is 2.33. The number of thiophene rings is 1. The van der Waals surface area contributed by atoms with E-state index in [0.717, 1.165) is 24.3 Å². The minimum Gasteiger partial charge on any atom is -0.472 e. The number of sulfonamides is 1. The summed E-state index contributed by atoms with van der Waals surface area (Å²) in [6.45, 7) is -0.351. The van der Waals surface area contributed by atoms with Crippen molar-refractivity contribution in [3.8, 4) is 0 Å². The van der Waals surface area contributed by atoms with Gasteiger partial charge in [-0.2, -0.15) is 13.2 Å². The summed E-state index contributed by atoms with van der Waals surface area (Å²) in [5.74, 6) is -0.517. The molecule has 3 rings (SSSR count). The van der Waals surface area contributed by atoms with E-state index in [0.29, 0.717) is 10.4 Å². The van der Waals surface area contributed by atoms with Gasteiger partial charge in [-0.15, -0.1) is 11.3 Å². The summed E-state index contributed by atoms with van der Waals surface area (Å²) in [6.07, 6.45) is -1.80. The van der Waals surface area contributed by atoms with Gasteiger partial charge in [0.2, 0.25) is 10.0 Å². The normalized spacial score (nSPS) is 14.7. The van der Waals surface area contributed by atoms with Crippen molar-refractivity contribution in [3.63, 3.8) is 0 Å². The minimum absolute atomic E-state index is 0.198. The molecular weight excluding hydrogens is 415 g/mol. The van der Waals surface area contributed by atoms with Crippen LogP contribution in [0.25, 0.3) is 0 Å². The number of aliphatic hydroxyl groups is 1. The summed E-state index contributed by atoms with van der Waals surface area (Å²) in [6, 6.07) is 8.82. The van der Waals surface area contributed by atoms with Crippen LogP contribution < -0.4 is 4.72 Å². The summed E-state index contributed by atoms with van der Waals surface area (Å²) in [4.78, 5) is 0.520. The van der Waals surface area contributed by atoms with E-state index in [1.807, 2.05) is 0 Å². The predicted molar refractivity (Wildman–Crippen MR) is 98.1 cm³/mol. The van der Waals surface area contributed by atoms with Gasteiger partial charge in [-0.1, -0.05) is 18.2 Å². The molecule has 0 saturated heterocycles. The van der Waals surface area contributed by atoms with Crippen LogP contribution in [0.15, 0.2) is 64.8 Å². The first kappa shape index (κ1) is 20.6. The number of alkyl halides is 3. The number of rotatable bonds is 7. The summed E-state index contributed by atoms with van der Waals surface area (Å²) in [5, 5.41) is 12.8. The molecule has 0 amide bonds. The first-order chi connectivity index (χ1) is 13.1.